The molecule has 3 aromatic rings. The summed E-state index contributed by atoms with van der Waals surface area (Å²) in [5.74, 6) is 0.252. The van der Waals surface area contributed by atoms with Crippen LogP contribution in [0.4, 0.5) is 5.69 Å². The van der Waals surface area contributed by atoms with Gasteiger partial charge in [-0.3, -0.25) is 9.10 Å². The van der Waals surface area contributed by atoms with Crippen LogP contribution < -0.4 is 14.4 Å². The van der Waals surface area contributed by atoms with Crippen molar-refractivity contribution in [3.63, 3.8) is 0 Å². The fraction of sp³-hybridized carbons (Fsp3) is 0.240. The Bertz CT molecular complexity index is 1130. The lowest BCUT2D eigenvalue weighted by Gasteiger charge is -2.23. The summed E-state index contributed by atoms with van der Waals surface area (Å²) in [6.07, 6.45) is 1.18. The molecule has 0 spiro atoms. The normalized spacial score (nSPS) is 12.1. The minimum Gasteiger partial charge on any atom is -0.484 e. The van der Waals surface area contributed by atoms with E-state index in [1.807, 2.05) is 68.4 Å². The molecule has 0 heterocycles. The van der Waals surface area contributed by atoms with Crippen LogP contribution in [0.3, 0.4) is 0 Å². The lowest BCUT2D eigenvalue weighted by atomic mass is 10.1. The smallest absolute Gasteiger partial charge is 0.258 e. The number of hydrogen-bond acceptors (Lipinski definition) is 4. The number of nitrogens with one attached hydrogen (secondary N) is 1. The summed E-state index contributed by atoms with van der Waals surface area (Å²) in [5.41, 5.74) is 3.55. The maximum absolute atomic E-state index is 12.4. The van der Waals surface area contributed by atoms with Crippen LogP contribution in [-0.2, 0) is 21.4 Å². The molecule has 3 aromatic carbocycles. The molecule has 0 aliphatic rings. The summed E-state index contributed by atoms with van der Waals surface area (Å²) < 4.78 is 31.6. The summed E-state index contributed by atoms with van der Waals surface area (Å²) in [7, 11) is -3.48. The predicted molar refractivity (Wildman–Crippen MR) is 127 cm³/mol. The molecule has 0 saturated heterocycles. The van der Waals surface area contributed by atoms with Gasteiger partial charge in [-0.1, -0.05) is 60.2 Å². The molecule has 0 aliphatic heterocycles. The van der Waals surface area contributed by atoms with Gasteiger partial charge in [-0.25, -0.2) is 8.42 Å². The first kappa shape index (κ1) is 23.3. The number of rotatable bonds is 9. The molecular formula is C25H28N2O4S. The van der Waals surface area contributed by atoms with E-state index in [1.165, 1.54) is 10.6 Å². The number of hydrogen-bond donors (Lipinski definition) is 1. The second-order valence-corrected chi connectivity index (χ2v) is 9.64. The van der Waals surface area contributed by atoms with E-state index >= 15 is 0 Å². The predicted octanol–water partition coefficient (Wildman–Crippen LogP) is 4.22. The van der Waals surface area contributed by atoms with Crippen molar-refractivity contribution < 1.29 is 17.9 Å². The molecule has 1 N–H and O–H groups in total. The Morgan fingerprint density at radius 2 is 1.59 bits per heavy atom. The Kier molecular flexibility index (Phi) is 7.53. The van der Waals surface area contributed by atoms with E-state index in [4.69, 9.17) is 4.74 Å². The molecule has 0 bridgehead atoms. The third-order valence-electron chi connectivity index (χ3n) is 5.02. The first-order chi connectivity index (χ1) is 15.2. The van der Waals surface area contributed by atoms with Gasteiger partial charge < -0.3 is 10.1 Å². The minimum absolute atomic E-state index is 0.125. The fourth-order valence-electron chi connectivity index (χ4n) is 3.23. The van der Waals surface area contributed by atoms with E-state index < -0.39 is 10.0 Å². The Morgan fingerprint density at radius 3 is 2.19 bits per heavy atom. The van der Waals surface area contributed by atoms with E-state index in [0.29, 0.717) is 11.4 Å². The fourth-order valence-corrected chi connectivity index (χ4v) is 4.11. The third-order valence-corrected chi connectivity index (χ3v) is 6.16. The van der Waals surface area contributed by atoms with Crippen molar-refractivity contribution >= 4 is 21.6 Å². The van der Waals surface area contributed by atoms with E-state index in [0.717, 1.165) is 16.7 Å². The number of anilines is 1. The highest BCUT2D eigenvalue weighted by molar-refractivity contribution is 7.92. The van der Waals surface area contributed by atoms with E-state index in [9.17, 15) is 13.2 Å². The van der Waals surface area contributed by atoms with Crippen molar-refractivity contribution in [3.8, 4) is 5.75 Å². The topological polar surface area (TPSA) is 75.7 Å². The van der Waals surface area contributed by atoms with Crippen LogP contribution in [0.25, 0.3) is 0 Å². The van der Waals surface area contributed by atoms with Crippen molar-refractivity contribution in [2.75, 3.05) is 17.2 Å². The number of benzene rings is 3. The molecule has 32 heavy (non-hydrogen) atoms. The summed E-state index contributed by atoms with van der Waals surface area (Å²) >= 11 is 0. The van der Waals surface area contributed by atoms with Crippen molar-refractivity contribution in [1.82, 2.24) is 5.32 Å². The molecule has 0 saturated carbocycles. The number of ether oxygens (including phenoxy) is 1. The van der Waals surface area contributed by atoms with Gasteiger partial charge in [0.1, 0.15) is 5.75 Å². The molecule has 0 aromatic heterocycles. The van der Waals surface area contributed by atoms with Gasteiger partial charge in [0, 0.05) is 0 Å². The maximum atomic E-state index is 12.4. The molecule has 7 heteroatoms. The van der Waals surface area contributed by atoms with Crippen molar-refractivity contribution in [2.24, 2.45) is 0 Å². The number of amides is 1. The van der Waals surface area contributed by atoms with Gasteiger partial charge in [0.15, 0.2) is 6.61 Å². The minimum atomic E-state index is -3.48. The first-order valence-electron chi connectivity index (χ1n) is 10.3. The Balaban J connectivity index is 1.61. The lowest BCUT2D eigenvalue weighted by Crippen LogP contribution is -2.31. The highest BCUT2D eigenvalue weighted by atomic mass is 32.2. The number of aryl methyl sites for hydroxylation is 1. The zero-order valence-electron chi connectivity index (χ0n) is 18.5. The van der Waals surface area contributed by atoms with Crippen LogP contribution in [-0.4, -0.2) is 27.2 Å². The van der Waals surface area contributed by atoms with Crippen LogP contribution in [0.15, 0.2) is 78.9 Å². The average Bonchev–Trinajstić information content (AvgIpc) is 2.77. The summed E-state index contributed by atoms with van der Waals surface area (Å²) in [5, 5.41) is 2.90. The summed E-state index contributed by atoms with van der Waals surface area (Å²) in [6, 6.07) is 24.0. The van der Waals surface area contributed by atoms with Crippen LogP contribution in [0.5, 0.6) is 5.75 Å². The zero-order valence-corrected chi connectivity index (χ0v) is 19.3. The second-order valence-electron chi connectivity index (χ2n) is 7.74. The molecule has 6 nitrogen and oxygen atoms in total. The number of carbonyl (C=O) groups is 1. The molecule has 0 aliphatic carbocycles. The quantitative estimate of drug-likeness (QED) is 0.528. The molecule has 1 amide bonds. The second kappa shape index (κ2) is 10.3. The van der Waals surface area contributed by atoms with Gasteiger partial charge in [0.2, 0.25) is 10.0 Å². The van der Waals surface area contributed by atoms with Crippen LogP contribution in [0, 0.1) is 6.92 Å². The lowest BCUT2D eigenvalue weighted by molar-refractivity contribution is -0.123. The van der Waals surface area contributed by atoms with Gasteiger partial charge in [-0.2, -0.15) is 0 Å². The largest absolute Gasteiger partial charge is 0.484 e. The number of sulfonamides is 1. The zero-order chi connectivity index (χ0) is 23.1. The summed E-state index contributed by atoms with van der Waals surface area (Å²) in [6.45, 7) is 4.00. The van der Waals surface area contributed by atoms with Gasteiger partial charge in [0.05, 0.1) is 24.5 Å². The van der Waals surface area contributed by atoms with Crippen molar-refractivity contribution in [2.45, 2.75) is 26.4 Å². The number of nitrogens with zero attached hydrogens (tertiary/aromatic N) is 1. The molecular weight excluding hydrogens is 424 g/mol. The molecule has 3 rings (SSSR count). The Hall–Kier alpha value is -3.32. The van der Waals surface area contributed by atoms with Crippen molar-refractivity contribution in [3.05, 3.63) is 95.6 Å². The standard InChI is InChI=1S/C25H28N2O4S/c1-19-9-11-21(12-10-19)17-27(32(3,29)30)23-13-15-24(16-14-23)31-18-25(28)26-20(2)22-7-5-4-6-8-22/h4-16,20H,17-18H2,1-3H3,(H,26,28)/t20-/m0/s1. The van der Waals surface area contributed by atoms with E-state index in [1.54, 1.807) is 24.3 Å². The van der Waals surface area contributed by atoms with Crippen molar-refractivity contribution in [1.29, 1.82) is 0 Å². The average molecular weight is 453 g/mol. The van der Waals surface area contributed by atoms with Crippen LogP contribution in [0.1, 0.15) is 29.7 Å². The van der Waals surface area contributed by atoms with Gasteiger partial charge in [-0.15, -0.1) is 0 Å². The number of carbonyl (C=O) groups excluding carboxylic acids is 1. The van der Waals surface area contributed by atoms with Crippen LogP contribution >= 0.6 is 0 Å². The molecule has 168 valence electrons. The molecule has 1 atom stereocenters. The Morgan fingerprint density at radius 1 is 0.969 bits per heavy atom. The SMILES string of the molecule is Cc1ccc(CN(c2ccc(OCC(=O)N[C@@H](C)c3ccccc3)cc2)S(C)(=O)=O)cc1. The van der Waals surface area contributed by atoms with E-state index in [-0.39, 0.29) is 25.1 Å². The third kappa shape index (κ3) is 6.59. The highest BCUT2D eigenvalue weighted by Crippen LogP contribution is 2.24. The molecule has 0 radical (unpaired) electrons. The van der Waals surface area contributed by atoms with Gasteiger partial charge in [0.25, 0.3) is 5.91 Å². The highest BCUT2D eigenvalue weighted by Gasteiger charge is 2.18. The Labute approximate surface area is 189 Å². The first-order valence-corrected chi connectivity index (χ1v) is 12.2. The molecule has 0 fully saturated rings. The maximum Gasteiger partial charge on any atom is 0.258 e. The van der Waals surface area contributed by atoms with Gasteiger partial charge in [-0.05, 0) is 49.2 Å². The van der Waals surface area contributed by atoms with Crippen LogP contribution in [0.2, 0.25) is 0 Å². The molecule has 0 unspecified atom stereocenters. The van der Waals surface area contributed by atoms with Gasteiger partial charge >= 0.3 is 0 Å². The van der Waals surface area contributed by atoms with E-state index in [2.05, 4.69) is 5.32 Å². The monoisotopic (exact) mass is 452 g/mol. The summed E-state index contributed by atoms with van der Waals surface area (Å²) in [4.78, 5) is 12.2.